The maximum absolute atomic E-state index is 13.2. The first-order chi connectivity index (χ1) is 15.0. The topological polar surface area (TPSA) is 72.2 Å². The van der Waals surface area contributed by atoms with E-state index in [2.05, 4.69) is 5.32 Å². The largest absolute Gasteiger partial charge is 0.398 e. The molecule has 3 aromatic carbocycles. The molecule has 0 spiro atoms. The number of anilines is 1. The van der Waals surface area contributed by atoms with Crippen molar-refractivity contribution in [3.8, 4) is 0 Å². The van der Waals surface area contributed by atoms with Crippen molar-refractivity contribution in [3.63, 3.8) is 0 Å². The van der Waals surface area contributed by atoms with Crippen LogP contribution in [0.2, 0.25) is 10.0 Å². The van der Waals surface area contributed by atoms with Crippen molar-refractivity contribution >= 4 is 41.1 Å². The molecule has 3 atom stereocenters. The summed E-state index contributed by atoms with van der Waals surface area (Å²) >= 11 is 12.5. The van der Waals surface area contributed by atoms with E-state index in [1.54, 1.807) is 24.3 Å². The van der Waals surface area contributed by atoms with Crippen molar-refractivity contribution < 1.29 is 9.59 Å². The highest BCUT2D eigenvalue weighted by Crippen LogP contribution is 2.52. The molecule has 0 radical (unpaired) electrons. The Hall–Kier alpha value is -2.82. The lowest BCUT2D eigenvalue weighted by Gasteiger charge is -2.42. The molecule has 1 fully saturated rings. The molecule has 0 unspecified atom stereocenters. The fraction of sp³-hybridized carbons (Fsp3) is 0.200. The van der Waals surface area contributed by atoms with Crippen LogP contribution in [0, 0.1) is 0 Å². The van der Waals surface area contributed by atoms with Gasteiger partial charge in [-0.05, 0) is 41.0 Å². The normalized spacial score (nSPS) is 23.6. The lowest BCUT2D eigenvalue weighted by molar-refractivity contribution is -0.121. The predicted molar refractivity (Wildman–Crippen MR) is 125 cm³/mol. The van der Waals surface area contributed by atoms with E-state index < -0.39 is 11.3 Å². The predicted octanol–water partition coefficient (Wildman–Crippen LogP) is 5.10. The van der Waals surface area contributed by atoms with Gasteiger partial charge in [0.2, 0.25) is 5.91 Å². The molecule has 1 saturated heterocycles. The van der Waals surface area contributed by atoms with Crippen LogP contribution in [0.4, 0.5) is 5.69 Å². The van der Waals surface area contributed by atoms with Crippen LogP contribution in [0.25, 0.3) is 0 Å². The van der Waals surface area contributed by atoms with E-state index in [0.29, 0.717) is 27.8 Å². The molecule has 3 N–H and O–H groups in total. The zero-order valence-electron chi connectivity index (χ0n) is 16.7. The van der Waals surface area contributed by atoms with Gasteiger partial charge in [-0.15, -0.1) is 0 Å². The summed E-state index contributed by atoms with van der Waals surface area (Å²) in [5.74, 6) is -0.938. The molecule has 158 valence electrons. The van der Waals surface area contributed by atoms with Crippen molar-refractivity contribution in [2.75, 3.05) is 12.3 Å². The van der Waals surface area contributed by atoms with Gasteiger partial charge in [-0.1, -0.05) is 71.7 Å². The standard InChI is InChI=1S/C25H22Cl2N2O2/c26-18-8-4-7-17(11-18)21-13-24(31)29-14-22(16-5-2-1-3-6-16)25(21,15-30)20-10-9-19(27)12-23(20)28/h1-12,15,21-22H,13-14,28H2,(H,29,31)/t21-,22+,25+/m1/s1. The van der Waals surface area contributed by atoms with E-state index in [-0.39, 0.29) is 18.2 Å². The quantitative estimate of drug-likeness (QED) is 0.427. The number of hydrogen-bond acceptors (Lipinski definition) is 3. The van der Waals surface area contributed by atoms with Gasteiger partial charge >= 0.3 is 0 Å². The molecular weight excluding hydrogens is 431 g/mol. The molecule has 0 bridgehead atoms. The summed E-state index contributed by atoms with van der Waals surface area (Å²) in [6.07, 6.45) is 1.08. The second kappa shape index (κ2) is 8.74. The molecule has 4 rings (SSSR count). The molecule has 0 aliphatic carbocycles. The third-order valence-corrected chi connectivity index (χ3v) is 6.64. The molecule has 0 aromatic heterocycles. The molecular formula is C25H22Cl2N2O2. The number of nitrogens with two attached hydrogens (primary N) is 1. The number of benzene rings is 3. The number of carbonyl (C=O) groups is 2. The fourth-order valence-electron chi connectivity index (χ4n) is 4.78. The molecule has 3 aromatic rings. The third-order valence-electron chi connectivity index (χ3n) is 6.17. The number of nitrogens with one attached hydrogen (secondary N) is 1. The van der Waals surface area contributed by atoms with Gasteiger partial charge in [-0.2, -0.15) is 0 Å². The molecule has 1 heterocycles. The summed E-state index contributed by atoms with van der Waals surface area (Å²) in [5.41, 5.74) is 8.15. The average Bonchev–Trinajstić information content (AvgIpc) is 2.91. The maximum atomic E-state index is 13.2. The van der Waals surface area contributed by atoms with Crippen molar-refractivity contribution in [2.24, 2.45) is 0 Å². The summed E-state index contributed by atoms with van der Waals surface area (Å²) in [5, 5.41) is 4.03. The summed E-state index contributed by atoms with van der Waals surface area (Å²) in [4.78, 5) is 26.0. The smallest absolute Gasteiger partial charge is 0.220 e. The van der Waals surface area contributed by atoms with Crippen molar-refractivity contribution in [1.29, 1.82) is 0 Å². The van der Waals surface area contributed by atoms with Crippen LogP contribution in [0.1, 0.15) is 34.9 Å². The van der Waals surface area contributed by atoms with Crippen molar-refractivity contribution in [1.82, 2.24) is 5.32 Å². The van der Waals surface area contributed by atoms with Crippen molar-refractivity contribution in [3.05, 3.63) is 99.5 Å². The second-order valence-corrected chi connectivity index (χ2v) is 8.73. The molecule has 1 aliphatic rings. The first-order valence-corrected chi connectivity index (χ1v) is 10.8. The van der Waals surface area contributed by atoms with Crippen LogP contribution in [-0.2, 0) is 15.0 Å². The minimum Gasteiger partial charge on any atom is -0.398 e. The van der Waals surface area contributed by atoms with Crippen molar-refractivity contribution in [2.45, 2.75) is 23.7 Å². The van der Waals surface area contributed by atoms with Crippen LogP contribution >= 0.6 is 23.2 Å². The van der Waals surface area contributed by atoms with E-state index in [0.717, 1.165) is 17.4 Å². The lowest BCUT2D eigenvalue weighted by Crippen LogP contribution is -2.43. The zero-order valence-corrected chi connectivity index (χ0v) is 18.2. The summed E-state index contributed by atoms with van der Waals surface area (Å²) in [6, 6.07) is 22.2. The second-order valence-electron chi connectivity index (χ2n) is 7.86. The minimum atomic E-state index is -1.11. The molecule has 31 heavy (non-hydrogen) atoms. The van der Waals surface area contributed by atoms with Gasteiger partial charge in [0.05, 0.1) is 5.41 Å². The van der Waals surface area contributed by atoms with Crippen LogP contribution in [0.5, 0.6) is 0 Å². The lowest BCUT2D eigenvalue weighted by atomic mass is 9.59. The highest BCUT2D eigenvalue weighted by molar-refractivity contribution is 6.31. The number of aldehydes is 1. The summed E-state index contributed by atoms with van der Waals surface area (Å²) in [6.45, 7) is 0.306. The number of nitrogen functional groups attached to an aromatic ring is 1. The van der Waals surface area contributed by atoms with E-state index >= 15 is 0 Å². The first-order valence-electron chi connectivity index (χ1n) is 10.0. The average molecular weight is 453 g/mol. The van der Waals surface area contributed by atoms with Gasteiger partial charge in [-0.3, -0.25) is 4.79 Å². The number of amides is 1. The van der Waals surface area contributed by atoms with Gasteiger partial charge < -0.3 is 15.8 Å². The molecule has 1 aliphatic heterocycles. The van der Waals surface area contributed by atoms with Gasteiger partial charge in [0.1, 0.15) is 6.29 Å². The fourth-order valence-corrected chi connectivity index (χ4v) is 5.16. The SMILES string of the molecule is Nc1cc(Cl)ccc1[C@@]1(C=O)[C@@H](c2cccc(Cl)c2)CC(=O)NC[C@H]1c1ccccc1. The molecule has 1 amide bonds. The molecule has 6 heteroatoms. The zero-order chi connectivity index (χ0) is 22.0. The molecule has 4 nitrogen and oxygen atoms in total. The maximum Gasteiger partial charge on any atom is 0.220 e. The Labute approximate surface area is 191 Å². The van der Waals surface area contributed by atoms with E-state index in [4.69, 9.17) is 28.9 Å². The number of hydrogen-bond donors (Lipinski definition) is 2. The van der Waals surface area contributed by atoms with Gasteiger partial charge in [-0.25, -0.2) is 0 Å². The van der Waals surface area contributed by atoms with Crippen LogP contribution in [-0.4, -0.2) is 18.7 Å². The van der Waals surface area contributed by atoms with E-state index in [1.807, 2.05) is 48.5 Å². The number of rotatable bonds is 4. The Bertz CT molecular complexity index is 1120. The van der Waals surface area contributed by atoms with Gasteiger partial charge in [0, 0.05) is 40.5 Å². The van der Waals surface area contributed by atoms with Crippen LogP contribution in [0.3, 0.4) is 0 Å². The van der Waals surface area contributed by atoms with Crippen LogP contribution < -0.4 is 11.1 Å². The Morgan fingerprint density at radius 3 is 2.29 bits per heavy atom. The summed E-state index contributed by atoms with van der Waals surface area (Å²) in [7, 11) is 0. The van der Waals surface area contributed by atoms with E-state index in [1.165, 1.54) is 0 Å². The monoisotopic (exact) mass is 452 g/mol. The highest BCUT2D eigenvalue weighted by Gasteiger charge is 2.51. The Kier molecular flexibility index (Phi) is 6.03. The Morgan fingerprint density at radius 2 is 1.61 bits per heavy atom. The highest BCUT2D eigenvalue weighted by atomic mass is 35.5. The Balaban J connectivity index is 2.04. The third kappa shape index (κ3) is 3.93. The summed E-state index contributed by atoms with van der Waals surface area (Å²) < 4.78 is 0. The van der Waals surface area contributed by atoms with E-state index in [9.17, 15) is 9.59 Å². The first kappa shape index (κ1) is 21.4. The van der Waals surface area contributed by atoms with Crippen LogP contribution in [0.15, 0.2) is 72.8 Å². The number of halogens is 2. The van der Waals surface area contributed by atoms with Gasteiger partial charge in [0.15, 0.2) is 0 Å². The molecule has 0 saturated carbocycles. The number of carbonyl (C=O) groups excluding carboxylic acids is 2. The van der Waals surface area contributed by atoms with Gasteiger partial charge in [0.25, 0.3) is 0 Å². The Morgan fingerprint density at radius 1 is 0.903 bits per heavy atom. The minimum absolute atomic E-state index is 0.123.